The Hall–Kier alpha value is -2.40. The molecule has 0 aliphatic heterocycles. The van der Waals surface area contributed by atoms with E-state index >= 15 is 0 Å². The molecule has 0 aliphatic rings. The van der Waals surface area contributed by atoms with Crippen LogP contribution in [0.5, 0.6) is 0 Å². The first-order valence-electron chi connectivity index (χ1n) is 7.47. The lowest BCUT2D eigenvalue weighted by Crippen LogP contribution is -2.30. The number of ether oxygens (including phenoxy) is 1. The van der Waals surface area contributed by atoms with E-state index in [0.717, 1.165) is 0 Å². The highest BCUT2D eigenvalue weighted by Crippen LogP contribution is 2.26. The van der Waals surface area contributed by atoms with Gasteiger partial charge in [0.25, 0.3) is 5.91 Å². The molecule has 2 aromatic rings. The minimum atomic E-state index is -0.643. The summed E-state index contributed by atoms with van der Waals surface area (Å²) >= 11 is 6.18. The Balaban J connectivity index is 2.22. The molecule has 2 aromatic carbocycles. The molecule has 0 saturated heterocycles. The van der Waals surface area contributed by atoms with E-state index in [0.29, 0.717) is 10.6 Å². The Labute approximate surface area is 144 Å². The number of rotatable bonds is 6. The molecular weight excluding hydrogens is 333 g/mol. The van der Waals surface area contributed by atoms with Gasteiger partial charge in [0.2, 0.25) is 0 Å². The third-order valence-electron chi connectivity index (χ3n) is 3.37. The Morgan fingerprint density at radius 1 is 1.17 bits per heavy atom. The number of carbonyl (C=O) groups excluding carboxylic acids is 2. The summed E-state index contributed by atoms with van der Waals surface area (Å²) in [6.07, 6.45) is -0.0511. The van der Waals surface area contributed by atoms with Gasteiger partial charge in [0, 0.05) is 10.6 Å². The van der Waals surface area contributed by atoms with Crippen LogP contribution in [0.1, 0.15) is 35.3 Å². The fourth-order valence-corrected chi connectivity index (χ4v) is 2.49. The minimum Gasteiger partial charge on any atom is -0.466 e. The van der Waals surface area contributed by atoms with Crippen LogP contribution in [0.3, 0.4) is 0 Å². The topological polar surface area (TPSA) is 55.4 Å². The molecule has 0 unspecified atom stereocenters. The zero-order valence-corrected chi connectivity index (χ0v) is 13.8. The van der Waals surface area contributed by atoms with Crippen molar-refractivity contribution in [2.24, 2.45) is 0 Å². The van der Waals surface area contributed by atoms with Crippen LogP contribution in [0.4, 0.5) is 4.39 Å². The number of benzene rings is 2. The smallest absolute Gasteiger partial charge is 0.308 e. The second kappa shape index (κ2) is 8.45. The highest BCUT2D eigenvalue weighted by atomic mass is 35.5. The number of nitrogens with one attached hydrogen (secondary N) is 1. The van der Waals surface area contributed by atoms with Crippen molar-refractivity contribution in [2.75, 3.05) is 6.61 Å². The van der Waals surface area contributed by atoms with Gasteiger partial charge < -0.3 is 10.1 Å². The summed E-state index contributed by atoms with van der Waals surface area (Å²) in [4.78, 5) is 24.2. The number of carbonyl (C=O) groups is 2. The Morgan fingerprint density at radius 2 is 1.83 bits per heavy atom. The molecule has 0 saturated carbocycles. The van der Waals surface area contributed by atoms with Gasteiger partial charge in [0.15, 0.2) is 0 Å². The third-order valence-corrected chi connectivity index (χ3v) is 3.71. The molecule has 24 heavy (non-hydrogen) atoms. The van der Waals surface area contributed by atoms with Gasteiger partial charge in [-0.1, -0.05) is 29.8 Å². The molecule has 1 atom stereocenters. The van der Waals surface area contributed by atoms with Gasteiger partial charge in [-0.25, -0.2) is 4.39 Å². The zero-order chi connectivity index (χ0) is 17.5. The maximum Gasteiger partial charge on any atom is 0.308 e. The average molecular weight is 350 g/mol. The molecule has 0 fully saturated rings. The largest absolute Gasteiger partial charge is 0.466 e. The van der Waals surface area contributed by atoms with Crippen LogP contribution in [0, 0.1) is 5.82 Å². The van der Waals surface area contributed by atoms with E-state index < -0.39 is 23.7 Å². The molecule has 126 valence electrons. The Kier molecular flexibility index (Phi) is 6.32. The number of hydrogen-bond acceptors (Lipinski definition) is 3. The number of hydrogen-bond donors (Lipinski definition) is 1. The first-order valence-corrected chi connectivity index (χ1v) is 7.85. The van der Waals surface area contributed by atoms with Crippen molar-refractivity contribution in [3.63, 3.8) is 0 Å². The predicted octanol–water partition coefficient (Wildman–Crippen LogP) is 3.90. The molecule has 0 spiro atoms. The maximum absolute atomic E-state index is 13.0. The van der Waals surface area contributed by atoms with Gasteiger partial charge >= 0.3 is 5.97 Å². The summed E-state index contributed by atoms with van der Waals surface area (Å²) in [6, 6.07) is 11.4. The lowest BCUT2D eigenvalue weighted by atomic mass is 10.0. The van der Waals surface area contributed by atoms with E-state index in [1.807, 2.05) is 0 Å². The summed E-state index contributed by atoms with van der Waals surface area (Å²) in [5.74, 6) is -1.30. The molecular formula is C18H17ClFNO3. The van der Waals surface area contributed by atoms with Gasteiger partial charge in [0.05, 0.1) is 19.1 Å². The van der Waals surface area contributed by atoms with Gasteiger partial charge in [-0.3, -0.25) is 9.59 Å². The Morgan fingerprint density at radius 3 is 2.46 bits per heavy atom. The molecule has 2 rings (SSSR count). The van der Waals surface area contributed by atoms with Crippen molar-refractivity contribution >= 4 is 23.5 Å². The minimum absolute atomic E-state index is 0.0511. The average Bonchev–Trinajstić information content (AvgIpc) is 2.55. The Bertz CT molecular complexity index is 718. The monoisotopic (exact) mass is 349 g/mol. The lowest BCUT2D eigenvalue weighted by Gasteiger charge is -2.19. The quantitative estimate of drug-likeness (QED) is 0.805. The fourth-order valence-electron chi connectivity index (χ4n) is 2.23. The normalized spacial score (nSPS) is 11.6. The summed E-state index contributed by atoms with van der Waals surface area (Å²) < 4.78 is 17.9. The second-order valence-electron chi connectivity index (χ2n) is 5.06. The van der Waals surface area contributed by atoms with Crippen LogP contribution in [0.15, 0.2) is 48.5 Å². The molecule has 6 heteroatoms. The summed E-state index contributed by atoms with van der Waals surface area (Å²) in [5, 5.41) is 3.19. The van der Waals surface area contributed by atoms with E-state index in [9.17, 15) is 14.0 Å². The number of esters is 1. The van der Waals surface area contributed by atoms with Crippen molar-refractivity contribution < 1.29 is 18.7 Å². The van der Waals surface area contributed by atoms with Gasteiger partial charge in [-0.15, -0.1) is 0 Å². The first kappa shape index (κ1) is 17.9. The van der Waals surface area contributed by atoms with E-state index in [-0.39, 0.29) is 18.6 Å². The number of halogens is 2. The standard InChI is InChI=1S/C18H17ClFNO3/c1-2-24-17(22)11-16(14-5-3-4-6-15(14)19)21-18(23)12-7-9-13(20)10-8-12/h3-10,16H,2,11H2,1H3,(H,21,23)/t16-/m0/s1. The van der Waals surface area contributed by atoms with Crippen molar-refractivity contribution in [3.05, 3.63) is 70.5 Å². The SMILES string of the molecule is CCOC(=O)C[C@H](NC(=O)c1ccc(F)cc1)c1ccccc1Cl. The molecule has 1 N–H and O–H groups in total. The molecule has 1 amide bonds. The van der Waals surface area contributed by atoms with Gasteiger partial charge in [-0.05, 0) is 42.8 Å². The molecule has 0 heterocycles. The van der Waals surface area contributed by atoms with E-state index in [1.54, 1.807) is 31.2 Å². The van der Waals surface area contributed by atoms with Crippen molar-refractivity contribution in [3.8, 4) is 0 Å². The maximum atomic E-state index is 13.0. The van der Waals surface area contributed by atoms with Crippen LogP contribution in [0.25, 0.3) is 0 Å². The van der Waals surface area contributed by atoms with Gasteiger partial charge in [-0.2, -0.15) is 0 Å². The van der Waals surface area contributed by atoms with E-state index in [1.165, 1.54) is 24.3 Å². The molecule has 4 nitrogen and oxygen atoms in total. The van der Waals surface area contributed by atoms with Crippen LogP contribution in [-0.2, 0) is 9.53 Å². The van der Waals surface area contributed by atoms with Crippen LogP contribution in [-0.4, -0.2) is 18.5 Å². The second-order valence-corrected chi connectivity index (χ2v) is 5.47. The van der Waals surface area contributed by atoms with E-state index in [4.69, 9.17) is 16.3 Å². The summed E-state index contributed by atoms with van der Waals surface area (Å²) in [6.45, 7) is 1.96. The molecule has 0 aliphatic carbocycles. The summed E-state index contributed by atoms with van der Waals surface area (Å²) in [5.41, 5.74) is 0.903. The highest BCUT2D eigenvalue weighted by molar-refractivity contribution is 6.31. The van der Waals surface area contributed by atoms with E-state index in [2.05, 4.69) is 5.32 Å². The first-order chi connectivity index (χ1) is 11.5. The van der Waals surface area contributed by atoms with Crippen LogP contribution in [0.2, 0.25) is 5.02 Å². The summed E-state index contributed by atoms with van der Waals surface area (Å²) in [7, 11) is 0. The molecule has 0 aromatic heterocycles. The lowest BCUT2D eigenvalue weighted by molar-refractivity contribution is -0.143. The molecule has 0 bridgehead atoms. The van der Waals surface area contributed by atoms with Crippen molar-refractivity contribution in [1.82, 2.24) is 5.32 Å². The third kappa shape index (κ3) is 4.80. The molecule has 0 radical (unpaired) electrons. The van der Waals surface area contributed by atoms with Crippen LogP contribution >= 0.6 is 11.6 Å². The number of amides is 1. The van der Waals surface area contributed by atoms with Gasteiger partial charge in [0.1, 0.15) is 5.82 Å². The van der Waals surface area contributed by atoms with Crippen LogP contribution < -0.4 is 5.32 Å². The predicted molar refractivity (Wildman–Crippen MR) is 89.3 cm³/mol. The highest BCUT2D eigenvalue weighted by Gasteiger charge is 2.22. The zero-order valence-electron chi connectivity index (χ0n) is 13.1. The van der Waals surface area contributed by atoms with Crippen molar-refractivity contribution in [1.29, 1.82) is 0 Å². The van der Waals surface area contributed by atoms with Crippen molar-refractivity contribution in [2.45, 2.75) is 19.4 Å². The fraction of sp³-hybridized carbons (Fsp3) is 0.222.